The molecule has 3 heterocycles. The molecule has 0 aromatic carbocycles. The third kappa shape index (κ3) is 4.37. The van der Waals surface area contributed by atoms with Crippen molar-refractivity contribution in [3.8, 4) is 17.1 Å². The van der Waals surface area contributed by atoms with Gasteiger partial charge in [-0.25, -0.2) is 15.0 Å². The number of nitrogens with one attached hydrogen (secondary N) is 2. The van der Waals surface area contributed by atoms with Gasteiger partial charge in [-0.3, -0.25) is 14.3 Å². The minimum atomic E-state index is -2.45. The Morgan fingerprint density at radius 2 is 2.16 bits per heavy atom. The van der Waals surface area contributed by atoms with E-state index >= 15 is 0 Å². The molecule has 3 aromatic heterocycles. The molecule has 0 unspecified atom stereocenters. The topological polar surface area (TPSA) is 124 Å². The number of Topliss-reactive ketones (excluding diaryl/α,β-unsaturated/α-hetero) is 1. The van der Waals surface area contributed by atoms with Crippen LogP contribution in [0.5, 0.6) is 5.75 Å². The Balaban J connectivity index is 1.72. The lowest BCUT2D eigenvalue weighted by Gasteiger charge is -2.15. The lowest BCUT2D eigenvalue weighted by atomic mass is 10.1. The molecule has 10 nitrogen and oxygen atoms in total. The Labute approximate surface area is 183 Å². The molecule has 160 valence electrons. The van der Waals surface area contributed by atoms with Crippen LogP contribution in [0.3, 0.4) is 0 Å². The normalized spacial score (nSPS) is 14.8. The quantitative estimate of drug-likeness (QED) is 0.529. The van der Waals surface area contributed by atoms with Crippen molar-refractivity contribution in [3.63, 3.8) is 0 Å². The number of methoxy groups -OCH3 is 1. The molecule has 31 heavy (non-hydrogen) atoms. The largest absolute Gasteiger partial charge is 0.492 e. The van der Waals surface area contributed by atoms with E-state index in [4.69, 9.17) is 8.85 Å². The summed E-state index contributed by atoms with van der Waals surface area (Å²) in [6.45, 7) is -2.45. The zero-order valence-corrected chi connectivity index (χ0v) is 17.0. The van der Waals surface area contributed by atoms with Crippen LogP contribution in [0, 0.1) is 5.92 Å². The number of anilines is 3. The average molecular weight is 424 g/mol. The van der Waals surface area contributed by atoms with Crippen molar-refractivity contribution < 1.29 is 18.4 Å². The summed E-state index contributed by atoms with van der Waals surface area (Å²) in [5.74, 6) is 0.390. The molecule has 1 aliphatic rings. The van der Waals surface area contributed by atoms with Crippen LogP contribution in [0.2, 0.25) is 0 Å². The van der Waals surface area contributed by atoms with Crippen molar-refractivity contribution in [1.82, 2.24) is 24.7 Å². The zero-order valence-electron chi connectivity index (χ0n) is 20.0. The van der Waals surface area contributed by atoms with E-state index in [1.807, 2.05) is 0 Å². The summed E-state index contributed by atoms with van der Waals surface area (Å²) in [6.07, 6.45) is 5.29. The number of ketones is 1. The third-order valence-electron chi connectivity index (χ3n) is 4.77. The van der Waals surface area contributed by atoms with Gasteiger partial charge < -0.3 is 15.4 Å². The Morgan fingerprint density at radius 1 is 1.32 bits per heavy atom. The van der Waals surface area contributed by atoms with Crippen LogP contribution in [-0.4, -0.2) is 43.5 Å². The molecule has 4 rings (SSSR count). The molecule has 0 radical (unpaired) electrons. The first-order valence-corrected chi connectivity index (χ1v) is 9.65. The molecular weight excluding hydrogens is 398 g/mol. The molecule has 0 atom stereocenters. The fourth-order valence-electron chi connectivity index (χ4n) is 3.03. The van der Waals surface area contributed by atoms with Gasteiger partial charge >= 0.3 is 0 Å². The summed E-state index contributed by atoms with van der Waals surface area (Å²) in [5, 5.41) is 10.1. The van der Waals surface area contributed by atoms with Crippen LogP contribution in [0.25, 0.3) is 11.4 Å². The van der Waals surface area contributed by atoms with Crippen molar-refractivity contribution in [1.29, 1.82) is 0 Å². The van der Waals surface area contributed by atoms with Crippen molar-refractivity contribution in [2.24, 2.45) is 13.0 Å². The minimum Gasteiger partial charge on any atom is -0.492 e. The van der Waals surface area contributed by atoms with E-state index in [-0.39, 0.29) is 34.7 Å². The van der Waals surface area contributed by atoms with Crippen LogP contribution in [-0.2, 0) is 11.8 Å². The summed E-state index contributed by atoms with van der Waals surface area (Å²) < 4.78 is 29.4. The molecule has 1 saturated carbocycles. The number of aryl methyl sites for hydroxylation is 1. The Hall–Kier alpha value is -3.82. The minimum absolute atomic E-state index is 0.0422. The molecule has 0 saturated heterocycles. The lowest BCUT2D eigenvalue weighted by Crippen LogP contribution is -2.15. The predicted molar refractivity (Wildman–Crippen MR) is 114 cm³/mol. The van der Waals surface area contributed by atoms with Crippen molar-refractivity contribution in [2.45, 2.75) is 26.1 Å². The number of aromatic nitrogens is 5. The zero-order chi connectivity index (χ0) is 24.5. The van der Waals surface area contributed by atoms with E-state index in [1.54, 1.807) is 24.1 Å². The highest BCUT2D eigenvalue weighted by molar-refractivity contribution is 6.02. The number of hydrogen-bond donors (Lipinski definition) is 2. The average Bonchev–Trinajstić information content (AvgIpc) is 3.53. The van der Waals surface area contributed by atoms with Gasteiger partial charge in [0.15, 0.2) is 23.2 Å². The highest BCUT2D eigenvalue weighted by atomic mass is 16.5. The van der Waals surface area contributed by atoms with Crippen LogP contribution >= 0.6 is 0 Å². The molecule has 1 amide bonds. The maximum absolute atomic E-state index is 12.8. The number of amides is 1. The summed E-state index contributed by atoms with van der Waals surface area (Å²) in [6, 6.07) is 3.16. The van der Waals surface area contributed by atoms with Gasteiger partial charge in [0.05, 0.1) is 23.9 Å². The van der Waals surface area contributed by atoms with Gasteiger partial charge in [-0.2, -0.15) is 5.10 Å². The summed E-state index contributed by atoms with van der Waals surface area (Å²) in [5.41, 5.74) is 0.838. The van der Waals surface area contributed by atoms with E-state index in [0.717, 1.165) is 12.8 Å². The summed E-state index contributed by atoms with van der Waals surface area (Å²) >= 11 is 0. The number of carbonyl (C=O) groups is 2. The molecular formula is C21H23N7O3. The number of rotatable bonds is 8. The van der Waals surface area contributed by atoms with E-state index in [2.05, 4.69) is 30.7 Å². The first kappa shape index (κ1) is 16.9. The van der Waals surface area contributed by atoms with Crippen LogP contribution in [0.1, 0.15) is 40.6 Å². The Morgan fingerprint density at radius 3 is 2.84 bits per heavy atom. The van der Waals surface area contributed by atoms with E-state index in [9.17, 15) is 9.59 Å². The first-order valence-electron chi connectivity index (χ1n) is 11.1. The van der Waals surface area contributed by atoms with Crippen molar-refractivity contribution in [2.75, 3.05) is 17.7 Å². The molecule has 1 fully saturated rings. The highest BCUT2D eigenvalue weighted by Gasteiger charge is 2.30. The van der Waals surface area contributed by atoms with E-state index in [1.165, 1.54) is 25.6 Å². The van der Waals surface area contributed by atoms with Gasteiger partial charge in [-0.15, -0.1) is 0 Å². The fourth-order valence-corrected chi connectivity index (χ4v) is 3.03. The van der Waals surface area contributed by atoms with E-state index < -0.39 is 19.1 Å². The lowest BCUT2D eigenvalue weighted by molar-refractivity contribution is -0.117. The van der Waals surface area contributed by atoms with Crippen molar-refractivity contribution in [3.05, 3.63) is 36.4 Å². The number of nitrogens with zero attached hydrogens (tertiary/aromatic N) is 5. The van der Waals surface area contributed by atoms with E-state index in [0.29, 0.717) is 17.1 Å². The first-order chi connectivity index (χ1) is 16.1. The van der Waals surface area contributed by atoms with Crippen LogP contribution in [0.15, 0.2) is 30.9 Å². The Kier molecular flexibility index (Phi) is 4.64. The van der Waals surface area contributed by atoms with Gasteiger partial charge in [0, 0.05) is 42.0 Å². The fraction of sp³-hybridized carbons (Fsp3) is 0.333. The molecule has 0 spiro atoms. The Bertz CT molecular complexity index is 1240. The van der Waals surface area contributed by atoms with Gasteiger partial charge in [-0.1, -0.05) is 6.85 Å². The second-order valence-electron chi connectivity index (χ2n) is 7.09. The maximum Gasteiger partial charge on any atom is 0.228 e. The van der Waals surface area contributed by atoms with Gasteiger partial charge in [0.25, 0.3) is 0 Å². The number of carbonyl (C=O) groups excluding carboxylic acids is 2. The monoisotopic (exact) mass is 424 g/mol. The van der Waals surface area contributed by atoms with Crippen LogP contribution < -0.4 is 15.4 Å². The molecule has 3 aromatic rings. The second-order valence-corrected chi connectivity index (χ2v) is 7.09. The maximum atomic E-state index is 12.8. The second kappa shape index (κ2) is 8.50. The van der Waals surface area contributed by atoms with Crippen LogP contribution in [0.4, 0.5) is 17.3 Å². The summed E-state index contributed by atoms with van der Waals surface area (Å²) in [4.78, 5) is 37.7. The van der Waals surface area contributed by atoms with Gasteiger partial charge in [0.2, 0.25) is 5.91 Å². The molecule has 0 aliphatic heterocycles. The molecule has 10 heteroatoms. The van der Waals surface area contributed by atoms with Crippen molar-refractivity contribution >= 4 is 29.0 Å². The smallest absolute Gasteiger partial charge is 0.228 e. The van der Waals surface area contributed by atoms with Gasteiger partial charge in [-0.05, 0) is 18.9 Å². The standard InChI is InChI=1S/C21H23N7O3/c1-4-16(29)14-10-23-17(26-21(30)12-5-6-12)9-15(14)25-20-18(31-3)13(7-8-22-20)19-24-11-28(2)27-19/h7-12H,4-6H2,1-3H3,(H2,22,23,25,26,30)/i1D3. The number of hydrogen-bond acceptors (Lipinski definition) is 8. The molecule has 2 N–H and O–H groups in total. The molecule has 1 aliphatic carbocycles. The molecule has 0 bridgehead atoms. The number of pyridine rings is 2. The third-order valence-corrected chi connectivity index (χ3v) is 4.77. The number of ether oxygens (including phenoxy) is 1. The highest BCUT2D eigenvalue weighted by Crippen LogP contribution is 2.36. The van der Waals surface area contributed by atoms with Gasteiger partial charge in [0.1, 0.15) is 12.1 Å². The summed E-state index contributed by atoms with van der Waals surface area (Å²) in [7, 11) is 3.20. The predicted octanol–water partition coefficient (Wildman–Crippen LogP) is 2.97. The SMILES string of the molecule is [2H]C([2H])([2H])CC(=O)c1cnc(NC(=O)C2CC2)cc1Nc1nccc(-c2ncn(C)n2)c1OC.